The summed E-state index contributed by atoms with van der Waals surface area (Å²) in [6, 6.07) is 9.60. The Balaban J connectivity index is 1.55. The van der Waals surface area contributed by atoms with E-state index in [1.165, 1.54) is 10.8 Å². The first-order valence-corrected chi connectivity index (χ1v) is 10.8. The van der Waals surface area contributed by atoms with Gasteiger partial charge in [0.1, 0.15) is 24.1 Å². The second-order valence-electron chi connectivity index (χ2n) is 8.51. The SMILES string of the molecule is CC(Nc1nc(Cl)nc2c1c(F)cn2[C@@H]1O[C@H](CO)[C@H]2OC(C)(C)O[C@H]21)c1ccccc1. The lowest BCUT2D eigenvalue weighted by Gasteiger charge is -2.24. The van der Waals surface area contributed by atoms with Crippen LogP contribution in [0.4, 0.5) is 10.2 Å². The number of aromatic nitrogens is 3. The number of ether oxygens (including phenoxy) is 3. The number of anilines is 1. The second-order valence-corrected chi connectivity index (χ2v) is 8.85. The minimum Gasteiger partial charge on any atom is -0.394 e. The van der Waals surface area contributed by atoms with E-state index in [1.54, 1.807) is 13.8 Å². The van der Waals surface area contributed by atoms with Gasteiger partial charge in [0.15, 0.2) is 23.5 Å². The van der Waals surface area contributed by atoms with Crippen LogP contribution in [-0.4, -0.2) is 50.3 Å². The molecule has 0 aliphatic carbocycles. The molecule has 170 valence electrons. The number of aliphatic hydroxyl groups excluding tert-OH is 1. The van der Waals surface area contributed by atoms with Gasteiger partial charge in [0.05, 0.1) is 12.0 Å². The zero-order valence-electron chi connectivity index (χ0n) is 17.8. The van der Waals surface area contributed by atoms with E-state index >= 15 is 4.39 Å². The maximum Gasteiger partial charge on any atom is 0.226 e. The van der Waals surface area contributed by atoms with E-state index in [1.807, 2.05) is 37.3 Å². The fourth-order valence-corrected chi connectivity index (χ4v) is 4.60. The number of fused-ring (bicyclic) bond motifs is 2. The van der Waals surface area contributed by atoms with Gasteiger partial charge in [-0.15, -0.1) is 0 Å². The molecule has 5 atom stereocenters. The third-order valence-electron chi connectivity index (χ3n) is 5.83. The smallest absolute Gasteiger partial charge is 0.226 e. The van der Waals surface area contributed by atoms with Gasteiger partial charge >= 0.3 is 0 Å². The Morgan fingerprint density at radius 2 is 1.94 bits per heavy atom. The molecule has 2 fully saturated rings. The summed E-state index contributed by atoms with van der Waals surface area (Å²) in [5.74, 6) is -1.09. The number of benzene rings is 1. The summed E-state index contributed by atoms with van der Waals surface area (Å²) in [6.07, 6.45) is -1.11. The number of nitrogens with one attached hydrogen (secondary N) is 1. The van der Waals surface area contributed by atoms with Crippen LogP contribution in [0.25, 0.3) is 11.0 Å². The molecule has 1 aromatic carbocycles. The summed E-state index contributed by atoms with van der Waals surface area (Å²) >= 11 is 6.22. The zero-order valence-corrected chi connectivity index (χ0v) is 18.6. The first-order valence-electron chi connectivity index (χ1n) is 10.4. The molecular weight excluding hydrogens is 439 g/mol. The minimum absolute atomic E-state index is 0.0308. The van der Waals surface area contributed by atoms with Gasteiger partial charge in [-0.3, -0.25) is 0 Å². The maximum absolute atomic E-state index is 15.2. The van der Waals surface area contributed by atoms with Gasteiger partial charge in [0.2, 0.25) is 5.28 Å². The maximum atomic E-state index is 15.2. The van der Waals surface area contributed by atoms with E-state index < -0.39 is 36.1 Å². The van der Waals surface area contributed by atoms with Crippen molar-refractivity contribution in [1.29, 1.82) is 0 Å². The highest BCUT2D eigenvalue weighted by molar-refractivity contribution is 6.28. The van der Waals surface area contributed by atoms with Crippen molar-refractivity contribution in [3.63, 3.8) is 0 Å². The third kappa shape index (κ3) is 3.64. The average Bonchev–Trinajstić information content (AvgIpc) is 3.36. The van der Waals surface area contributed by atoms with Gasteiger partial charge in [-0.1, -0.05) is 30.3 Å². The summed E-state index contributed by atoms with van der Waals surface area (Å²) < 4.78 is 34.7. The van der Waals surface area contributed by atoms with E-state index in [9.17, 15) is 5.11 Å². The Kier molecular flexibility index (Phi) is 5.34. The van der Waals surface area contributed by atoms with Crippen LogP contribution in [0.3, 0.4) is 0 Å². The molecular formula is C22H24ClFN4O4. The molecule has 8 nitrogen and oxygen atoms in total. The van der Waals surface area contributed by atoms with Crippen molar-refractivity contribution in [2.45, 2.75) is 57.1 Å². The fourth-order valence-electron chi connectivity index (χ4n) is 4.44. The van der Waals surface area contributed by atoms with Crippen LogP contribution in [0.1, 0.15) is 38.6 Å². The lowest BCUT2D eigenvalue weighted by Crippen LogP contribution is -2.31. The average molecular weight is 463 g/mol. The predicted molar refractivity (Wildman–Crippen MR) is 116 cm³/mol. The number of halogens is 2. The quantitative estimate of drug-likeness (QED) is 0.557. The Labute approximate surface area is 189 Å². The standard InChI is InChI=1S/C22H24ClFN4O4/c1-11(12-7-5-4-6-8-12)25-18-15-13(24)9-28(19(15)27-21(23)26-18)20-17-16(14(10-29)30-20)31-22(2,3)32-17/h4-9,11,14,16-17,20,29H,10H2,1-3H3,(H,25,26,27)/t11?,14-,16-,17-,20-/m1/s1. The molecule has 0 radical (unpaired) electrons. The Morgan fingerprint density at radius 3 is 2.66 bits per heavy atom. The van der Waals surface area contributed by atoms with E-state index in [2.05, 4.69) is 15.3 Å². The zero-order chi connectivity index (χ0) is 22.6. The second kappa shape index (κ2) is 7.93. The van der Waals surface area contributed by atoms with Crippen molar-refractivity contribution in [3.8, 4) is 0 Å². The van der Waals surface area contributed by atoms with Crippen molar-refractivity contribution in [3.05, 3.63) is 53.2 Å². The summed E-state index contributed by atoms with van der Waals surface area (Å²) in [5, 5.41) is 13.2. The molecule has 32 heavy (non-hydrogen) atoms. The normalized spacial score (nSPS) is 27.6. The summed E-state index contributed by atoms with van der Waals surface area (Å²) in [4.78, 5) is 8.52. The third-order valence-corrected chi connectivity index (χ3v) is 6.00. The molecule has 2 aliphatic heterocycles. The van der Waals surface area contributed by atoms with Crippen molar-refractivity contribution in [1.82, 2.24) is 14.5 Å². The largest absolute Gasteiger partial charge is 0.394 e. The van der Waals surface area contributed by atoms with Crippen LogP contribution >= 0.6 is 11.6 Å². The van der Waals surface area contributed by atoms with Gasteiger partial charge in [-0.2, -0.15) is 9.97 Å². The summed E-state index contributed by atoms with van der Waals surface area (Å²) in [7, 11) is 0. The molecule has 5 rings (SSSR count). The van der Waals surface area contributed by atoms with Crippen LogP contribution in [0.15, 0.2) is 36.5 Å². The topological polar surface area (TPSA) is 90.7 Å². The van der Waals surface area contributed by atoms with Gasteiger partial charge < -0.3 is 29.2 Å². The van der Waals surface area contributed by atoms with Gasteiger partial charge in [-0.05, 0) is 37.9 Å². The van der Waals surface area contributed by atoms with Crippen molar-refractivity contribution >= 4 is 28.5 Å². The molecule has 3 aromatic rings. The number of rotatable bonds is 5. The lowest BCUT2D eigenvalue weighted by atomic mass is 10.1. The Hall–Kier alpha value is -2.30. The Morgan fingerprint density at radius 1 is 1.22 bits per heavy atom. The summed E-state index contributed by atoms with van der Waals surface area (Å²) in [5.41, 5.74) is 1.28. The monoisotopic (exact) mass is 462 g/mol. The van der Waals surface area contributed by atoms with Crippen LogP contribution in [0.2, 0.25) is 5.28 Å². The van der Waals surface area contributed by atoms with Gasteiger partial charge in [-0.25, -0.2) is 4.39 Å². The number of hydrogen-bond acceptors (Lipinski definition) is 7. The van der Waals surface area contributed by atoms with Gasteiger partial charge in [0.25, 0.3) is 0 Å². The highest BCUT2D eigenvalue weighted by Crippen LogP contribution is 2.44. The fraction of sp³-hybridized carbons (Fsp3) is 0.455. The number of aliphatic hydroxyl groups is 1. The van der Waals surface area contributed by atoms with Crippen molar-refractivity contribution in [2.75, 3.05) is 11.9 Å². The van der Waals surface area contributed by atoms with E-state index in [-0.39, 0.29) is 34.8 Å². The molecule has 0 spiro atoms. The first-order chi connectivity index (χ1) is 15.3. The molecule has 0 saturated carbocycles. The Bertz CT molecular complexity index is 1140. The van der Waals surface area contributed by atoms with Crippen LogP contribution in [0.5, 0.6) is 0 Å². The van der Waals surface area contributed by atoms with Gasteiger partial charge in [0, 0.05) is 12.2 Å². The minimum atomic E-state index is -0.850. The number of nitrogens with zero attached hydrogens (tertiary/aromatic N) is 3. The molecule has 4 heterocycles. The highest BCUT2D eigenvalue weighted by Gasteiger charge is 2.56. The van der Waals surface area contributed by atoms with E-state index in [0.717, 1.165) is 5.56 Å². The molecule has 2 N–H and O–H groups in total. The lowest BCUT2D eigenvalue weighted by molar-refractivity contribution is -0.199. The highest BCUT2D eigenvalue weighted by atomic mass is 35.5. The molecule has 1 unspecified atom stereocenters. The molecule has 2 aromatic heterocycles. The van der Waals surface area contributed by atoms with Crippen LogP contribution in [0, 0.1) is 5.82 Å². The van der Waals surface area contributed by atoms with E-state index in [4.69, 9.17) is 25.8 Å². The van der Waals surface area contributed by atoms with Crippen LogP contribution in [-0.2, 0) is 14.2 Å². The first kappa shape index (κ1) is 21.5. The number of hydrogen-bond donors (Lipinski definition) is 2. The molecule has 0 amide bonds. The van der Waals surface area contributed by atoms with E-state index in [0.29, 0.717) is 0 Å². The molecule has 10 heteroatoms. The molecule has 2 aliphatic rings. The van der Waals surface area contributed by atoms with Crippen LogP contribution < -0.4 is 5.32 Å². The predicted octanol–water partition coefficient (Wildman–Crippen LogP) is 3.81. The van der Waals surface area contributed by atoms with Crippen molar-refractivity contribution in [2.24, 2.45) is 0 Å². The molecule has 2 saturated heterocycles. The summed E-state index contributed by atoms with van der Waals surface area (Å²) in [6.45, 7) is 5.28. The van der Waals surface area contributed by atoms with Crippen molar-refractivity contribution < 1.29 is 23.7 Å². The molecule has 0 bridgehead atoms.